The first kappa shape index (κ1) is 18.2. The number of hydrogen-bond acceptors (Lipinski definition) is 3. The summed E-state index contributed by atoms with van der Waals surface area (Å²) < 4.78 is 22.6. The van der Waals surface area contributed by atoms with E-state index in [1.807, 2.05) is 26.0 Å². The van der Waals surface area contributed by atoms with Crippen molar-refractivity contribution in [1.82, 2.24) is 0 Å². The molecule has 4 nitrogen and oxygen atoms in total. The predicted molar refractivity (Wildman–Crippen MR) is 72.5 cm³/mol. The molecule has 1 aromatic carbocycles. The number of benzene rings is 1. The SMILES string of the molecule is CC[S@@](=O)c1cc(OC)c(C[C@H](C)[NH3+])cc1OC.[Cl-]. The minimum absolute atomic E-state index is 0. The lowest BCUT2D eigenvalue weighted by molar-refractivity contribution is -0.413. The first-order chi connectivity index (χ1) is 8.53. The van der Waals surface area contributed by atoms with E-state index in [4.69, 9.17) is 9.47 Å². The third kappa shape index (κ3) is 4.67. The fourth-order valence-electron chi connectivity index (χ4n) is 1.80. The van der Waals surface area contributed by atoms with Crippen molar-refractivity contribution in [2.45, 2.75) is 31.2 Å². The molecule has 1 rings (SSSR count). The van der Waals surface area contributed by atoms with Crippen molar-refractivity contribution in [2.75, 3.05) is 20.0 Å². The van der Waals surface area contributed by atoms with Crippen LogP contribution in [0.15, 0.2) is 17.0 Å². The van der Waals surface area contributed by atoms with Gasteiger partial charge in [-0.25, -0.2) is 0 Å². The summed E-state index contributed by atoms with van der Waals surface area (Å²) in [4.78, 5) is 0.692. The molecular weight excluding hydrogens is 286 g/mol. The minimum Gasteiger partial charge on any atom is -1.00 e. The summed E-state index contributed by atoms with van der Waals surface area (Å²) in [5.41, 5.74) is 5.02. The van der Waals surface area contributed by atoms with E-state index in [9.17, 15) is 4.21 Å². The van der Waals surface area contributed by atoms with Crippen molar-refractivity contribution in [2.24, 2.45) is 0 Å². The zero-order chi connectivity index (χ0) is 13.7. The van der Waals surface area contributed by atoms with Crippen LogP contribution in [0.4, 0.5) is 0 Å². The summed E-state index contributed by atoms with van der Waals surface area (Å²) in [5, 5.41) is 0. The van der Waals surface area contributed by atoms with Crippen LogP contribution in [0.5, 0.6) is 11.5 Å². The van der Waals surface area contributed by atoms with Crippen molar-refractivity contribution >= 4 is 10.8 Å². The van der Waals surface area contributed by atoms with Gasteiger partial charge in [0.25, 0.3) is 0 Å². The second-order valence-electron chi connectivity index (χ2n) is 4.26. The molecule has 0 heterocycles. The lowest BCUT2D eigenvalue weighted by atomic mass is 10.1. The maximum absolute atomic E-state index is 12.0. The smallest absolute Gasteiger partial charge is 0.135 e. The Kier molecular flexibility index (Phi) is 8.06. The summed E-state index contributed by atoms with van der Waals surface area (Å²) in [6.07, 6.45) is 0.804. The third-order valence-electron chi connectivity index (χ3n) is 2.64. The Bertz CT molecular complexity index is 438. The van der Waals surface area contributed by atoms with Crippen LogP contribution in [0.25, 0.3) is 0 Å². The zero-order valence-corrected chi connectivity index (χ0v) is 13.4. The average Bonchev–Trinajstić information content (AvgIpc) is 2.36. The van der Waals surface area contributed by atoms with Crippen LogP contribution in [-0.2, 0) is 17.2 Å². The predicted octanol–water partition coefficient (Wildman–Crippen LogP) is -1.99. The van der Waals surface area contributed by atoms with Gasteiger partial charge < -0.3 is 27.6 Å². The molecule has 0 spiro atoms. The normalized spacial score (nSPS) is 13.3. The molecular formula is C13H22ClNO3S. The van der Waals surface area contributed by atoms with E-state index in [-0.39, 0.29) is 18.4 Å². The molecule has 0 aliphatic rings. The molecule has 2 atom stereocenters. The van der Waals surface area contributed by atoms with E-state index in [1.165, 1.54) is 0 Å². The highest BCUT2D eigenvalue weighted by Crippen LogP contribution is 2.31. The molecule has 0 radical (unpaired) electrons. The highest BCUT2D eigenvalue weighted by Gasteiger charge is 2.16. The van der Waals surface area contributed by atoms with Gasteiger partial charge in [-0.1, -0.05) is 6.92 Å². The van der Waals surface area contributed by atoms with Crippen molar-refractivity contribution < 1.29 is 31.8 Å². The molecule has 0 aliphatic carbocycles. The summed E-state index contributed by atoms with van der Waals surface area (Å²) in [6, 6.07) is 4.01. The Balaban J connectivity index is 0.00000324. The average molecular weight is 308 g/mol. The van der Waals surface area contributed by atoms with Crippen LogP contribution in [0, 0.1) is 0 Å². The number of hydrogen-bond donors (Lipinski definition) is 1. The van der Waals surface area contributed by atoms with Gasteiger partial charge in [0.15, 0.2) is 0 Å². The first-order valence-corrected chi connectivity index (χ1v) is 7.31. The Hall–Kier alpha value is -0.780. The molecule has 3 N–H and O–H groups in total. The van der Waals surface area contributed by atoms with Crippen LogP contribution in [-0.4, -0.2) is 30.2 Å². The second-order valence-corrected chi connectivity index (χ2v) is 5.97. The molecule has 0 aliphatic heterocycles. The first-order valence-electron chi connectivity index (χ1n) is 5.99. The second kappa shape index (κ2) is 8.40. The fourth-order valence-corrected chi connectivity index (χ4v) is 2.72. The Labute approximate surface area is 123 Å². The van der Waals surface area contributed by atoms with E-state index in [0.717, 1.165) is 17.7 Å². The van der Waals surface area contributed by atoms with Crippen molar-refractivity contribution in [3.63, 3.8) is 0 Å². The highest BCUT2D eigenvalue weighted by molar-refractivity contribution is 7.85. The number of quaternary nitrogens is 1. The van der Waals surface area contributed by atoms with Gasteiger partial charge in [-0.15, -0.1) is 0 Å². The molecule has 0 unspecified atom stereocenters. The molecule has 0 saturated carbocycles. The van der Waals surface area contributed by atoms with Crippen LogP contribution in [0.3, 0.4) is 0 Å². The molecule has 0 amide bonds. The van der Waals surface area contributed by atoms with E-state index >= 15 is 0 Å². The molecule has 0 aromatic heterocycles. The summed E-state index contributed by atoms with van der Waals surface area (Å²) in [7, 11) is 2.16. The van der Waals surface area contributed by atoms with Gasteiger partial charge in [0.05, 0.1) is 36.0 Å². The Morgan fingerprint density at radius 1 is 1.26 bits per heavy atom. The number of rotatable bonds is 6. The maximum atomic E-state index is 12.0. The van der Waals surface area contributed by atoms with E-state index in [0.29, 0.717) is 16.4 Å². The van der Waals surface area contributed by atoms with Crippen LogP contribution >= 0.6 is 0 Å². The number of ether oxygens (including phenoxy) is 2. The summed E-state index contributed by atoms with van der Waals surface area (Å²) >= 11 is 0. The molecule has 6 heteroatoms. The van der Waals surface area contributed by atoms with Gasteiger partial charge in [0, 0.05) is 23.8 Å². The van der Waals surface area contributed by atoms with Gasteiger partial charge in [-0.2, -0.15) is 0 Å². The fraction of sp³-hybridized carbons (Fsp3) is 0.538. The quantitative estimate of drug-likeness (QED) is 0.662. The van der Waals surface area contributed by atoms with Crippen molar-refractivity contribution in [1.29, 1.82) is 0 Å². The van der Waals surface area contributed by atoms with Gasteiger partial charge in [0.2, 0.25) is 0 Å². The molecule has 0 fully saturated rings. The van der Waals surface area contributed by atoms with Gasteiger partial charge in [0.1, 0.15) is 11.5 Å². The van der Waals surface area contributed by atoms with Crippen LogP contribution < -0.4 is 27.6 Å². The maximum Gasteiger partial charge on any atom is 0.135 e. The molecule has 1 aromatic rings. The van der Waals surface area contributed by atoms with E-state index in [1.54, 1.807) is 14.2 Å². The van der Waals surface area contributed by atoms with Gasteiger partial charge in [-0.05, 0) is 13.0 Å². The van der Waals surface area contributed by atoms with E-state index in [2.05, 4.69) is 5.73 Å². The van der Waals surface area contributed by atoms with Crippen LogP contribution in [0.1, 0.15) is 19.4 Å². The third-order valence-corrected chi connectivity index (χ3v) is 3.98. The molecule has 19 heavy (non-hydrogen) atoms. The zero-order valence-electron chi connectivity index (χ0n) is 11.9. The summed E-state index contributed by atoms with van der Waals surface area (Å²) in [5.74, 6) is 1.97. The number of methoxy groups -OCH3 is 2. The minimum atomic E-state index is -1.06. The Morgan fingerprint density at radius 3 is 2.26 bits per heavy atom. The topological polar surface area (TPSA) is 63.2 Å². The lowest BCUT2D eigenvalue weighted by Gasteiger charge is -2.14. The van der Waals surface area contributed by atoms with Gasteiger partial charge >= 0.3 is 0 Å². The van der Waals surface area contributed by atoms with E-state index < -0.39 is 10.8 Å². The van der Waals surface area contributed by atoms with Gasteiger partial charge in [-0.3, -0.25) is 4.21 Å². The van der Waals surface area contributed by atoms with Crippen molar-refractivity contribution in [3.05, 3.63) is 17.7 Å². The van der Waals surface area contributed by atoms with Crippen molar-refractivity contribution in [3.8, 4) is 11.5 Å². The number of halogens is 1. The monoisotopic (exact) mass is 307 g/mol. The molecule has 0 saturated heterocycles. The van der Waals surface area contributed by atoms with Crippen LogP contribution in [0.2, 0.25) is 0 Å². The largest absolute Gasteiger partial charge is 1.00 e. The lowest BCUT2D eigenvalue weighted by Crippen LogP contribution is -3.00. The highest BCUT2D eigenvalue weighted by atomic mass is 35.5. The molecule has 110 valence electrons. The standard InChI is InChI=1S/C13H21NO3S.ClH/c1-5-18(15)13-8-11(16-3)10(6-9(2)14)7-12(13)17-4;/h7-9H,5-6,14H2,1-4H3;1H/t9-,18+;/m0./s1. The summed E-state index contributed by atoms with van der Waals surface area (Å²) in [6.45, 7) is 3.93. The Morgan fingerprint density at radius 2 is 1.84 bits per heavy atom. The molecule has 0 bridgehead atoms.